The van der Waals surface area contributed by atoms with Crippen LogP contribution in [0.1, 0.15) is 0 Å². The van der Waals surface area contributed by atoms with Gasteiger partial charge in [-0.15, -0.1) is 11.4 Å². The Morgan fingerprint density at radius 2 is 0.550 bits per heavy atom. The number of rotatable bonds is 8. The van der Waals surface area contributed by atoms with Gasteiger partial charge in [0.25, 0.3) is 0 Å². The molecule has 0 heterocycles. The van der Waals surface area contributed by atoms with E-state index in [9.17, 15) is 0 Å². The van der Waals surface area contributed by atoms with Crippen molar-refractivity contribution < 1.29 is 29.6 Å². The summed E-state index contributed by atoms with van der Waals surface area (Å²) in [5.41, 5.74) is 2.06. The summed E-state index contributed by atoms with van der Waals surface area (Å²) in [7, 11) is -1.53. The first-order valence-corrected chi connectivity index (χ1v) is 15.8. The maximum atomic E-state index is 5.42. The van der Waals surface area contributed by atoms with Crippen LogP contribution in [0.5, 0.6) is 0 Å². The van der Waals surface area contributed by atoms with Gasteiger partial charge in [-0.05, 0) is 47.7 Å². The molecule has 0 bridgehead atoms. The van der Waals surface area contributed by atoms with E-state index in [0.29, 0.717) is 0 Å². The molecular weight excluding hydrogens is 531 g/mol. The van der Waals surface area contributed by atoms with Gasteiger partial charge in [0.2, 0.25) is 0 Å². The Morgan fingerprint density at radius 1 is 0.300 bits per heavy atom. The maximum absolute atomic E-state index is 5.42. The fourth-order valence-electron chi connectivity index (χ4n) is 4.79. The number of hydrogen-bond acceptors (Lipinski definition) is 0. The van der Waals surface area contributed by atoms with Crippen LogP contribution >= 0.6 is 15.8 Å². The third-order valence-corrected chi connectivity index (χ3v) is 11.5. The average molecular weight is 560 g/mol. The Kier molecular flexibility index (Phi) is 10.0. The van der Waals surface area contributed by atoms with Gasteiger partial charge in [0.05, 0.1) is 0 Å². The molecule has 0 saturated carbocycles. The molecule has 6 aromatic carbocycles. The molecule has 0 aliphatic carbocycles. The van der Waals surface area contributed by atoms with E-state index in [1.165, 1.54) is 31.8 Å². The van der Waals surface area contributed by atoms with E-state index in [4.69, 9.17) is 5.32 Å². The second-order valence-corrected chi connectivity index (χ2v) is 13.5. The minimum absolute atomic E-state index is 0. The van der Waals surface area contributed by atoms with Crippen LogP contribution in [0.2, 0.25) is 0 Å². The molecule has 0 saturated heterocycles. The van der Waals surface area contributed by atoms with E-state index in [1.54, 1.807) is 0 Å². The van der Waals surface area contributed by atoms with Crippen molar-refractivity contribution in [3.63, 3.8) is 0 Å². The summed E-state index contributed by atoms with van der Waals surface area (Å²) in [5.74, 6) is 0. The molecular formula is C36H28NNaP2. The zero-order valence-electron chi connectivity index (χ0n) is 22.5. The van der Waals surface area contributed by atoms with Crippen molar-refractivity contribution in [2.75, 3.05) is 0 Å². The first kappa shape index (κ1) is 28.5. The molecule has 6 aromatic rings. The molecule has 0 unspecified atom stereocenters. The molecule has 0 amide bonds. The summed E-state index contributed by atoms with van der Waals surface area (Å²) in [4.78, 5) is 0. The summed E-state index contributed by atoms with van der Waals surface area (Å²) >= 11 is 0. The second kappa shape index (κ2) is 14.0. The summed E-state index contributed by atoms with van der Waals surface area (Å²) in [6, 6.07) is 60.7. The predicted octanol–water partition coefficient (Wildman–Crippen LogP) is 4.54. The van der Waals surface area contributed by atoms with Gasteiger partial charge in [-0.25, -0.2) is 0 Å². The zero-order chi connectivity index (χ0) is 26.3. The van der Waals surface area contributed by atoms with Crippen LogP contribution in [0.3, 0.4) is 0 Å². The fraction of sp³-hybridized carbons (Fsp3) is 0. The standard InChI is InChI=1S/C36H28NP2.Na/c1-5-17-29(18-6-1)38(30-19-7-2-8-20-30)35-27-15-13-25-33(35)37-34-26-14-16-28-36(34)39(31-21-9-3-10-22-31)32-23-11-4-12-24-32;/h1-28H;/q-1;+1. The Hall–Kier alpha value is -3.02. The van der Waals surface area contributed by atoms with Crippen molar-refractivity contribution in [3.8, 4) is 0 Å². The molecule has 0 atom stereocenters. The van der Waals surface area contributed by atoms with E-state index in [1.807, 2.05) is 0 Å². The molecule has 0 radical (unpaired) electrons. The van der Waals surface area contributed by atoms with Gasteiger partial charge >= 0.3 is 29.6 Å². The zero-order valence-corrected chi connectivity index (χ0v) is 26.3. The van der Waals surface area contributed by atoms with E-state index in [0.717, 1.165) is 11.4 Å². The third-order valence-electron chi connectivity index (χ3n) is 6.54. The predicted molar refractivity (Wildman–Crippen MR) is 173 cm³/mol. The minimum Gasteiger partial charge on any atom is -0.657 e. The third kappa shape index (κ3) is 6.47. The van der Waals surface area contributed by atoms with Crippen LogP contribution in [0.15, 0.2) is 170 Å². The molecule has 0 fully saturated rings. The van der Waals surface area contributed by atoms with Crippen molar-refractivity contribution in [1.29, 1.82) is 0 Å². The SMILES string of the molecule is [Na+].c1ccc(P(c2ccccc2)c2ccccc2[N-]c2ccccc2P(c2ccccc2)c2ccccc2)cc1. The second-order valence-electron chi connectivity index (χ2n) is 9.10. The van der Waals surface area contributed by atoms with Crippen LogP contribution in [-0.4, -0.2) is 0 Å². The van der Waals surface area contributed by atoms with Gasteiger partial charge in [0, 0.05) is 0 Å². The van der Waals surface area contributed by atoms with Gasteiger partial charge in [0.15, 0.2) is 0 Å². The Morgan fingerprint density at radius 3 is 0.850 bits per heavy atom. The summed E-state index contributed by atoms with van der Waals surface area (Å²) in [5, 5.41) is 13.2. The molecule has 0 N–H and O–H groups in total. The van der Waals surface area contributed by atoms with Gasteiger partial charge < -0.3 is 5.32 Å². The Labute approximate surface area is 262 Å². The van der Waals surface area contributed by atoms with Gasteiger partial charge in [-0.2, -0.15) is 0 Å². The van der Waals surface area contributed by atoms with Gasteiger partial charge in [0.1, 0.15) is 0 Å². The molecule has 0 aromatic heterocycles. The van der Waals surface area contributed by atoms with Crippen molar-refractivity contribution in [2.24, 2.45) is 0 Å². The van der Waals surface area contributed by atoms with E-state index in [-0.39, 0.29) is 29.6 Å². The minimum atomic E-state index is -0.764. The smallest absolute Gasteiger partial charge is 0.657 e. The molecule has 1 nitrogen and oxygen atoms in total. The fourth-order valence-corrected chi connectivity index (χ4v) is 9.56. The van der Waals surface area contributed by atoms with Crippen LogP contribution < -0.4 is 61.4 Å². The number of nitrogens with zero attached hydrogens (tertiary/aromatic N) is 1. The number of para-hydroxylation sites is 2. The molecule has 6 rings (SSSR count). The van der Waals surface area contributed by atoms with E-state index in [2.05, 4.69) is 170 Å². The van der Waals surface area contributed by atoms with Crippen molar-refractivity contribution in [1.82, 2.24) is 0 Å². The van der Waals surface area contributed by atoms with Gasteiger partial charge in [-0.3, -0.25) is 0 Å². The van der Waals surface area contributed by atoms with E-state index < -0.39 is 15.8 Å². The molecule has 0 aliphatic heterocycles. The van der Waals surface area contributed by atoms with Crippen molar-refractivity contribution >= 4 is 59.0 Å². The average Bonchev–Trinajstić information content (AvgIpc) is 3.01. The summed E-state index contributed by atoms with van der Waals surface area (Å²) in [6.07, 6.45) is 0. The Bertz CT molecular complexity index is 1420. The quantitative estimate of drug-likeness (QED) is 0.192. The molecule has 4 heteroatoms. The maximum Gasteiger partial charge on any atom is 1.00 e. The molecule has 0 spiro atoms. The number of hydrogen-bond donors (Lipinski definition) is 0. The first-order chi connectivity index (χ1) is 19.4. The normalized spacial score (nSPS) is 10.8. The van der Waals surface area contributed by atoms with Crippen molar-refractivity contribution in [2.45, 2.75) is 0 Å². The summed E-state index contributed by atoms with van der Waals surface area (Å²) in [6.45, 7) is 0. The molecule has 40 heavy (non-hydrogen) atoms. The van der Waals surface area contributed by atoms with E-state index >= 15 is 0 Å². The topological polar surface area (TPSA) is 14.1 Å². The number of benzene rings is 6. The van der Waals surface area contributed by atoms with Crippen molar-refractivity contribution in [3.05, 3.63) is 175 Å². The largest absolute Gasteiger partial charge is 1.00 e. The van der Waals surface area contributed by atoms with Crippen LogP contribution in [0.4, 0.5) is 11.4 Å². The van der Waals surface area contributed by atoms with Crippen LogP contribution in [0, 0.1) is 0 Å². The first-order valence-electron chi connectivity index (χ1n) is 13.1. The Balaban J connectivity index is 0.00000323. The molecule has 0 aliphatic rings. The summed E-state index contributed by atoms with van der Waals surface area (Å²) < 4.78 is 0. The van der Waals surface area contributed by atoms with Crippen LogP contribution in [-0.2, 0) is 0 Å². The van der Waals surface area contributed by atoms with Gasteiger partial charge in [-0.1, -0.05) is 170 Å². The van der Waals surface area contributed by atoms with Crippen LogP contribution in [0.25, 0.3) is 5.32 Å². The molecule has 188 valence electrons. The monoisotopic (exact) mass is 559 g/mol.